The third kappa shape index (κ3) is 2.03. The molecule has 2 aromatic rings. The molecule has 0 aromatic heterocycles. The lowest BCUT2D eigenvalue weighted by Crippen LogP contribution is -2.66. The molecule has 0 unspecified atom stereocenters. The summed E-state index contributed by atoms with van der Waals surface area (Å²) in [4.78, 5) is 0. The highest BCUT2D eigenvalue weighted by molar-refractivity contribution is 6.09. The van der Waals surface area contributed by atoms with Gasteiger partial charge in [0.05, 0.1) is 0 Å². The van der Waals surface area contributed by atoms with Crippen molar-refractivity contribution in [1.29, 1.82) is 0 Å². The van der Waals surface area contributed by atoms with Gasteiger partial charge in [0, 0.05) is 11.1 Å². The minimum Gasteiger partial charge on any atom is -0.625 e. The molecule has 16 heavy (non-hydrogen) atoms. The van der Waals surface area contributed by atoms with Crippen LogP contribution < -0.4 is 5.16 Å². The number of phenolic OH excluding ortho intramolecular Hbond substituents is 1. The summed E-state index contributed by atoms with van der Waals surface area (Å²) >= 11 is 0. The molecule has 2 N–H and O–H groups in total. The molecule has 3 nitrogen and oxygen atoms in total. The molecule has 0 radical (unpaired) electrons. The van der Waals surface area contributed by atoms with Crippen LogP contribution in [0.1, 0.15) is 11.1 Å². The normalized spacial score (nSPS) is 11.4. The summed E-state index contributed by atoms with van der Waals surface area (Å²) in [5.41, 5.74) is 2.07. The van der Waals surface area contributed by atoms with Crippen molar-refractivity contribution >= 4 is 5.71 Å². The van der Waals surface area contributed by atoms with E-state index in [9.17, 15) is 10.3 Å². The van der Waals surface area contributed by atoms with Crippen molar-refractivity contribution in [2.75, 3.05) is 0 Å². The zero-order valence-electron chi connectivity index (χ0n) is 8.55. The maximum absolute atomic E-state index is 11.0. The summed E-state index contributed by atoms with van der Waals surface area (Å²) in [6, 6.07) is 15.8. The highest BCUT2D eigenvalue weighted by Gasteiger charge is 2.10. The monoisotopic (exact) mass is 213 g/mol. The SMILES string of the molecule is [O-][NH+]=C(c1ccccc1)c1ccc(O)cc1. The standard InChI is InChI=1S/C13H11NO2/c15-12-8-6-11(7-9-12)13(14-16)10-4-2-1-3-5-10/h1-9,14H,(H-,15,16). The van der Waals surface area contributed by atoms with Crippen molar-refractivity contribution in [2.45, 2.75) is 0 Å². The van der Waals surface area contributed by atoms with E-state index in [0.29, 0.717) is 5.71 Å². The van der Waals surface area contributed by atoms with Gasteiger partial charge in [0.2, 0.25) is 5.71 Å². The first-order valence-electron chi connectivity index (χ1n) is 4.91. The second kappa shape index (κ2) is 4.49. The summed E-state index contributed by atoms with van der Waals surface area (Å²) < 4.78 is 0. The second-order valence-electron chi connectivity index (χ2n) is 3.39. The molecular weight excluding hydrogens is 202 g/mol. The summed E-state index contributed by atoms with van der Waals surface area (Å²) in [5.74, 6) is 0.182. The Morgan fingerprint density at radius 2 is 1.44 bits per heavy atom. The number of benzene rings is 2. The lowest BCUT2D eigenvalue weighted by Gasteiger charge is -2.02. The number of hydrogen-bond donors (Lipinski definition) is 2. The van der Waals surface area contributed by atoms with Gasteiger partial charge in [-0.3, -0.25) is 0 Å². The highest BCUT2D eigenvalue weighted by Crippen LogP contribution is 2.12. The molecule has 0 aliphatic heterocycles. The molecule has 80 valence electrons. The average molecular weight is 213 g/mol. The zero-order valence-corrected chi connectivity index (χ0v) is 8.55. The van der Waals surface area contributed by atoms with Crippen molar-refractivity contribution in [2.24, 2.45) is 0 Å². The van der Waals surface area contributed by atoms with Crippen LogP contribution >= 0.6 is 0 Å². The van der Waals surface area contributed by atoms with Gasteiger partial charge in [0.25, 0.3) is 0 Å². The van der Waals surface area contributed by atoms with E-state index < -0.39 is 0 Å². The molecule has 0 atom stereocenters. The van der Waals surface area contributed by atoms with E-state index >= 15 is 0 Å². The molecule has 0 heterocycles. The van der Waals surface area contributed by atoms with Crippen LogP contribution in [0.15, 0.2) is 54.6 Å². The predicted octanol–water partition coefficient (Wildman–Crippen LogP) is 0.808. The van der Waals surface area contributed by atoms with Crippen molar-refractivity contribution in [3.8, 4) is 5.75 Å². The van der Waals surface area contributed by atoms with Crippen LogP contribution in [0.3, 0.4) is 0 Å². The molecule has 0 saturated carbocycles. The topological polar surface area (TPSA) is 57.3 Å². The Hall–Kier alpha value is -2.29. The van der Waals surface area contributed by atoms with Gasteiger partial charge in [-0.05, 0) is 36.4 Å². The molecule has 2 aromatic carbocycles. The molecule has 0 spiro atoms. The molecule has 0 bridgehead atoms. The summed E-state index contributed by atoms with van der Waals surface area (Å²) in [7, 11) is 0. The fourth-order valence-electron chi connectivity index (χ4n) is 1.52. The van der Waals surface area contributed by atoms with E-state index in [1.807, 2.05) is 35.5 Å². The van der Waals surface area contributed by atoms with E-state index in [2.05, 4.69) is 0 Å². The lowest BCUT2D eigenvalue weighted by atomic mass is 10.0. The van der Waals surface area contributed by atoms with E-state index in [1.54, 1.807) is 24.3 Å². The molecular formula is C13H11NO2. The Kier molecular flexibility index (Phi) is 2.87. The number of nitrogens with one attached hydrogen (secondary N) is 1. The maximum Gasteiger partial charge on any atom is 0.223 e. The number of phenols is 1. The van der Waals surface area contributed by atoms with Crippen LogP contribution in [-0.4, -0.2) is 10.8 Å². The van der Waals surface area contributed by atoms with Gasteiger partial charge in [0.15, 0.2) is 0 Å². The highest BCUT2D eigenvalue weighted by atomic mass is 16.4. The maximum atomic E-state index is 11.0. The lowest BCUT2D eigenvalue weighted by molar-refractivity contribution is -0.371. The number of rotatable bonds is 2. The van der Waals surface area contributed by atoms with Crippen LogP contribution in [0.2, 0.25) is 0 Å². The molecule has 0 saturated heterocycles. The molecule has 0 aliphatic rings. The van der Waals surface area contributed by atoms with Crippen LogP contribution in [0, 0.1) is 5.21 Å². The molecule has 2 rings (SSSR count). The van der Waals surface area contributed by atoms with Crippen molar-refractivity contribution in [1.82, 2.24) is 0 Å². The predicted molar refractivity (Wildman–Crippen MR) is 62.1 cm³/mol. The molecule has 3 heteroatoms. The van der Waals surface area contributed by atoms with E-state index in [-0.39, 0.29) is 5.75 Å². The van der Waals surface area contributed by atoms with Crippen molar-refractivity contribution < 1.29 is 10.3 Å². The Bertz CT molecular complexity index is 489. The van der Waals surface area contributed by atoms with Crippen LogP contribution in [-0.2, 0) is 0 Å². The Morgan fingerprint density at radius 3 is 2.00 bits per heavy atom. The van der Waals surface area contributed by atoms with Gasteiger partial charge in [0.1, 0.15) is 5.75 Å². The summed E-state index contributed by atoms with van der Waals surface area (Å²) in [5, 5.41) is 22.1. The third-order valence-electron chi connectivity index (χ3n) is 2.32. The van der Waals surface area contributed by atoms with Gasteiger partial charge < -0.3 is 10.3 Å². The number of aromatic hydroxyl groups is 1. The minimum absolute atomic E-state index is 0.182. The van der Waals surface area contributed by atoms with Gasteiger partial charge in [-0.1, -0.05) is 18.2 Å². The summed E-state index contributed by atoms with van der Waals surface area (Å²) in [6.45, 7) is 0. The summed E-state index contributed by atoms with van der Waals surface area (Å²) in [6.07, 6.45) is 0. The van der Waals surface area contributed by atoms with Crippen LogP contribution in [0.5, 0.6) is 5.75 Å². The third-order valence-corrected chi connectivity index (χ3v) is 2.32. The Labute approximate surface area is 93.3 Å². The molecule has 0 fully saturated rings. The van der Waals surface area contributed by atoms with Crippen LogP contribution in [0.4, 0.5) is 0 Å². The first kappa shape index (κ1) is 10.2. The largest absolute Gasteiger partial charge is 0.625 e. The van der Waals surface area contributed by atoms with Crippen LogP contribution in [0.25, 0.3) is 0 Å². The second-order valence-corrected chi connectivity index (χ2v) is 3.39. The van der Waals surface area contributed by atoms with E-state index in [4.69, 9.17) is 0 Å². The first-order chi connectivity index (χ1) is 7.81. The minimum atomic E-state index is 0.182. The van der Waals surface area contributed by atoms with Gasteiger partial charge in [-0.2, -0.15) is 0 Å². The quantitative estimate of drug-likeness (QED) is 0.440. The number of hydrogen-bond acceptors (Lipinski definition) is 2. The van der Waals surface area contributed by atoms with Gasteiger partial charge in [-0.15, -0.1) is 0 Å². The smallest absolute Gasteiger partial charge is 0.223 e. The Morgan fingerprint density at radius 1 is 0.875 bits per heavy atom. The van der Waals surface area contributed by atoms with Crippen molar-refractivity contribution in [3.63, 3.8) is 0 Å². The molecule has 0 amide bonds. The van der Waals surface area contributed by atoms with E-state index in [0.717, 1.165) is 11.1 Å². The fraction of sp³-hybridized carbons (Fsp3) is 0. The van der Waals surface area contributed by atoms with Gasteiger partial charge >= 0.3 is 0 Å². The first-order valence-corrected chi connectivity index (χ1v) is 4.91. The van der Waals surface area contributed by atoms with E-state index in [1.165, 1.54) is 0 Å². The van der Waals surface area contributed by atoms with Crippen molar-refractivity contribution in [3.05, 3.63) is 70.9 Å². The fourth-order valence-corrected chi connectivity index (χ4v) is 1.52. The average Bonchev–Trinajstić information content (AvgIpc) is 2.34. The Balaban J connectivity index is 2.42. The van der Waals surface area contributed by atoms with Gasteiger partial charge in [-0.25, -0.2) is 5.16 Å². The zero-order chi connectivity index (χ0) is 11.4. The molecule has 0 aliphatic carbocycles.